The van der Waals surface area contributed by atoms with Crippen molar-refractivity contribution < 1.29 is 22.3 Å². The van der Waals surface area contributed by atoms with Gasteiger partial charge in [0.2, 0.25) is 10.0 Å². The van der Waals surface area contributed by atoms with Crippen LogP contribution in [0.1, 0.15) is 16.8 Å². The van der Waals surface area contributed by atoms with E-state index in [0.29, 0.717) is 16.8 Å². The van der Waals surface area contributed by atoms with Gasteiger partial charge in [0.05, 0.1) is 27.6 Å². The van der Waals surface area contributed by atoms with Crippen molar-refractivity contribution in [1.82, 2.24) is 8.87 Å². The fraction of sp³-hybridized carbons (Fsp3) is 0.227. The highest BCUT2D eigenvalue weighted by atomic mass is 79.9. The quantitative estimate of drug-likeness (QED) is 0.353. The van der Waals surface area contributed by atoms with Gasteiger partial charge in [0.1, 0.15) is 12.4 Å². The zero-order chi connectivity index (χ0) is 23.5. The zero-order valence-electron chi connectivity index (χ0n) is 17.4. The molecule has 32 heavy (non-hydrogen) atoms. The van der Waals surface area contributed by atoms with E-state index in [0.717, 1.165) is 19.9 Å². The SMILES string of the molecule is COC(=O)CN(Cc1cc(Br)c(Br)n1Cc1ccc(F)cc1)S(=O)(=O)c1ccc(C)cc1. The number of aryl methyl sites for hydroxylation is 1. The van der Waals surface area contributed by atoms with Crippen LogP contribution in [0, 0.1) is 12.7 Å². The maximum atomic E-state index is 13.3. The highest BCUT2D eigenvalue weighted by Gasteiger charge is 2.29. The maximum absolute atomic E-state index is 13.3. The number of rotatable bonds is 8. The van der Waals surface area contributed by atoms with Gasteiger partial charge in [-0.1, -0.05) is 29.8 Å². The Kier molecular flexibility index (Phi) is 7.92. The first-order valence-electron chi connectivity index (χ1n) is 9.53. The number of hydrogen-bond acceptors (Lipinski definition) is 4. The van der Waals surface area contributed by atoms with Crippen molar-refractivity contribution in [2.24, 2.45) is 0 Å². The Labute approximate surface area is 203 Å². The van der Waals surface area contributed by atoms with E-state index in [1.165, 1.54) is 31.4 Å². The molecule has 0 saturated carbocycles. The van der Waals surface area contributed by atoms with Crippen molar-refractivity contribution in [3.05, 3.63) is 86.3 Å². The molecule has 0 spiro atoms. The molecule has 0 aliphatic heterocycles. The van der Waals surface area contributed by atoms with Crippen molar-refractivity contribution in [2.75, 3.05) is 13.7 Å². The van der Waals surface area contributed by atoms with Crippen molar-refractivity contribution >= 4 is 47.9 Å². The largest absolute Gasteiger partial charge is 0.468 e. The first-order chi connectivity index (χ1) is 15.1. The smallest absolute Gasteiger partial charge is 0.321 e. The van der Waals surface area contributed by atoms with Crippen molar-refractivity contribution in [3.63, 3.8) is 0 Å². The van der Waals surface area contributed by atoms with E-state index in [9.17, 15) is 17.6 Å². The molecule has 170 valence electrons. The number of carbonyl (C=O) groups is 1. The Hall–Kier alpha value is -2.01. The standard InChI is InChI=1S/C22H21Br2FN2O4S/c1-15-3-9-19(10-4-15)32(29,30)26(14-21(28)31-2)13-18-11-20(23)22(24)27(18)12-16-5-7-17(25)8-6-16/h3-11H,12-14H2,1-2H3. The highest BCUT2D eigenvalue weighted by molar-refractivity contribution is 9.13. The maximum Gasteiger partial charge on any atom is 0.321 e. The molecule has 1 heterocycles. The summed E-state index contributed by atoms with van der Waals surface area (Å²) in [5, 5.41) is 0. The molecule has 0 bridgehead atoms. The Morgan fingerprint density at radius 1 is 1.09 bits per heavy atom. The Balaban J connectivity index is 1.99. The predicted octanol–water partition coefficient (Wildman–Crippen LogP) is 4.87. The summed E-state index contributed by atoms with van der Waals surface area (Å²) in [6.07, 6.45) is 0. The topological polar surface area (TPSA) is 68.6 Å². The van der Waals surface area contributed by atoms with Crippen LogP contribution in [-0.4, -0.2) is 36.9 Å². The van der Waals surface area contributed by atoms with Crippen molar-refractivity contribution in [3.8, 4) is 0 Å². The molecule has 0 saturated heterocycles. The minimum atomic E-state index is -3.98. The molecule has 0 unspecified atom stereocenters. The number of nitrogens with zero attached hydrogens (tertiary/aromatic N) is 2. The summed E-state index contributed by atoms with van der Waals surface area (Å²) in [7, 11) is -2.77. The zero-order valence-corrected chi connectivity index (χ0v) is 21.4. The molecule has 1 aromatic heterocycles. The van der Waals surface area contributed by atoms with Gasteiger partial charge in [0, 0.05) is 12.2 Å². The van der Waals surface area contributed by atoms with Crippen LogP contribution < -0.4 is 0 Å². The number of carbonyl (C=O) groups excluding carboxylic acids is 1. The van der Waals surface area contributed by atoms with Gasteiger partial charge in [-0.05, 0) is 74.7 Å². The van der Waals surface area contributed by atoms with Gasteiger partial charge in [0.15, 0.2) is 0 Å². The van der Waals surface area contributed by atoms with Gasteiger partial charge >= 0.3 is 5.97 Å². The molecule has 0 aliphatic rings. The van der Waals surface area contributed by atoms with E-state index in [1.54, 1.807) is 30.3 Å². The van der Waals surface area contributed by atoms with Crippen LogP contribution >= 0.6 is 31.9 Å². The number of halogens is 3. The Morgan fingerprint density at radius 3 is 2.31 bits per heavy atom. The van der Waals surface area contributed by atoms with Gasteiger partial charge < -0.3 is 9.30 Å². The number of methoxy groups -OCH3 is 1. The minimum Gasteiger partial charge on any atom is -0.468 e. The number of hydrogen-bond donors (Lipinski definition) is 0. The average molecular weight is 588 g/mol. The first kappa shape index (κ1) is 24.6. The van der Waals surface area contributed by atoms with Crippen molar-refractivity contribution in [1.29, 1.82) is 0 Å². The second-order valence-corrected chi connectivity index (χ2v) is 10.7. The molecule has 0 radical (unpaired) electrons. The number of sulfonamides is 1. The van der Waals surface area contributed by atoms with Crippen LogP contribution in [0.25, 0.3) is 0 Å². The molecule has 0 atom stereocenters. The van der Waals surface area contributed by atoms with E-state index in [-0.39, 0.29) is 17.3 Å². The second kappa shape index (κ2) is 10.3. The Morgan fingerprint density at radius 2 is 1.72 bits per heavy atom. The highest BCUT2D eigenvalue weighted by Crippen LogP contribution is 2.30. The van der Waals surface area contributed by atoms with Gasteiger partial charge in [-0.25, -0.2) is 12.8 Å². The normalized spacial score (nSPS) is 11.7. The molecular formula is C22H21Br2FN2O4S. The van der Waals surface area contributed by atoms with Crippen LogP contribution in [0.5, 0.6) is 0 Å². The summed E-state index contributed by atoms with van der Waals surface area (Å²) in [4.78, 5) is 12.1. The first-order valence-corrected chi connectivity index (χ1v) is 12.6. The predicted molar refractivity (Wildman–Crippen MR) is 126 cm³/mol. The summed E-state index contributed by atoms with van der Waals surface area (Å²) in [6.45, 7) is 1.72. The molecular weight excluding hydrogens is 567 g/mol. The van der Waals surface area contributed by atoms with Crippen LogP contribution in [0.4, 0.5) is 4.39 Å². The van der Waals surface area contributed by atoms with E-state index in [4.69, 9.17) is 4.74 Å². The Bertz CT molecular complexity index is 1210. The number of esters is 1. The lowest BCUT2D eigenvalue weighted by atomic mass is 10.2. The van der Waals surface area contributed by atoms with Crippen LogP contribution in [0.15, 0.2) is 68.6 Å². The van der Waals surface area contributed by atoms with Crippen LogP contribution in [0.3, 0.4) is 0 Å². The summed E-state index contributed by atoms with van der Waals surface area (Å²) < 4.78 is 49.1. The monoisotopic (exact) mass is 586 g/mol. The molecule has 6 nitrogen and oxygen atoms in total. The number of benzene rings is 2. The van der Waals surface area contributed by atoms with Gasteiger partial charge in [-0.15, -0.1) is 0 Å². The molecule has 3 aromatic rings. The second-order valence-electron chi connectivity index (χ2n) is 7.15. The molecule has 0 fully saturated rings. The fourth-order valence-electron chi connectivity index (χ4n) is 3.09. The van der Waals surface area contributed by atoms with Crippen LogP contribution in [0.2, 0.25) is 0 Å². The van der Waals surface area contributed by atoms with E-state index in [1.807, 2.05) is 11.5 Å². The molecule has 10 heteroatoms. The summed E-state index contributed by atoms with van der Waals surface area (Å²) >= 11 is 6.98. The van der Waals surface area contributed by atoms with Gasteiger partial charge in [-0.2, -0.15) is 4.31 Å². The van der Waals surface area contributed by atoms with Crippen LogP contribution in [-0.2, 0) is 32.6 Å². The summed E-state index contributed by atoms with van der Waals surface area (Å²) in [5.74, 6) is -1.01. The number of aromatic nitrogens is 1. The fourth-order valence-corrected chi connectivity index (χ4v) is 5.39. The van der Waals surface area contributed by atoms with Gasteiger partial charge in [0.25, 0.3) is 0 Å². The molecule has 2 aromatic carbocycles. The molecule has 3 rings (SSSR count). The lowest BCUT2D eigenvalue weighted by Crippen LogP contribution is -2.36. The lowest BCUT2D eigenvalue weighted by Gasteiger charge is -2.22. The summed E-state index contributed by atoms with van der Waals surface area (Å²) in [5.41, 5.74) is 2.38. The van der Waals surface area contributed by atoms with E-state index < -0.39 is 22.5 Å². The average Bonchev–Trinajstić information content (AvgIpc) is 3.02. The molecule has 0 N–H and O–H groups in total. The minimum absolute atomic E-state index is 0.0727. The molecule has 0 amide bonds. The third-order valence-electron chi connectivity index (χ3n) is 4.86. The lowest BCUT2D eigenvalue weighted by molar-refractivity contribution is -0.140. The van der Waals surface area contributed by atoms with Gasteiger partial charge in [-0.3, -0.25) is 4.79 Å². The summed E-state index contributed by atoms with van der Waals surface area (Å²) in [6, 6.07) is 14.3. The number of ether oxygens (including phenoxy) is 1. The third-order valence-corrected chi connectivity index (χ3v) is 8.66. The third kappa shape index (κ3) is 5.67. The van der Waals surface area contributed by atoms with Crippen molar-refractivity contribution in [2.45, 2.75) is 24.9 Å². The van der Waals surface area contributed by atoms with E-state index >= 15 is 0 Å². The molecule has 0 aliphatic carbocycles. The van der Waals surface area contributed by atoms with E-state index in [2.05, 4.69) is 31.9 Å².